The number of carbonyl (C=O) groups is 2. The predicted molar refractivity (Wildman–Crippen MR) is 128 cm³/mol. The molecule has 174 valence electrons. The molecule has 1 heterocycles. The maximum Gasteiger partial charge on any atom is 0.295 e. The second-order valence-electron chi connectivity index (χ2n) is 8.44. The number of hydrogen-bond acceptors (Lipinski definition) is 4. The Balaban J connectivity index is 1.82. The molecule has 3 aromatic rings. The normalized spacial score (nSPS) is 17.3. The van der Waals surface area contributed by atoms with Crippen LogP contribution in [0.15, 0.2) is 72.3 Å². The molecule has 1 amide bonds. The average molecular weight is 460 g/mol. The van der Waals surface area contributed by atoms with E-state index in [0.29, 0.717) is 23.3 Å². The second kappa shape index (κ2) is 9.51. The number of amides is 1. The van der Waals surface area contributed by atoms with Gasteiger partial charge in [-0.15, -0.1) is 0 Å². The van der Waals surface area contributed by atoms with E-state index in [1.807, 2.05) is 50.2 Å². The fourth-order valence-corrected chi connectivity index (χ4v) is 4.54. The largest absolute Gasteiger partial charge is 0.507 e. The number of carbonyl (C=O) groups excluding carboxylic acids is 2. The van der Waals surface area contributed by atoms with Gasteiger partial charge in [0, 0.05) is 6.54 Å². The van der Waals surface area contributed by atoms with Crippen molar-refractivity contribution in [2.45, 2.75) is 26.3 Å². The van der Waals surface area contributed by atoms with E-state index in [2.05, 4.69) is 0 Å². The number of aliphatic hydroxyl groups excluding tert-OH is 1. The van der Waals surface area contributed by atoms with Crippen LogP contribution in [0.25, 0.3) is 5.76 Å². The van der Waals surface area contributed by atoms with Crippen LogP contribution >= 0.6 is 0 Å². The van der Waals surface area contributed by atoms with Crippen molar-refractivity contribution in [2.75, 3.05) is 13.7 Å². The first-order chi connectivity index (χ1) is 16.3. The number of ether oxygens (including phenoxy) is 1. The van der Waals surface area contributed by atoms with Gasteiger partial charge in [0.05, 0.1) is 24.3 Å². The van der Waals surface area contributed by atoms with Crippen LogP contribution in [0.5, 0.6) is 5.75 Å². The highest BCUT2D eigenvalue weighted by Crippen LogP contribution is 2.41. The molecule has 4 rings (SSSR count). The average Bonchev–Trinajstić information content (AvgIpc) is 3.08. The highest BCUT2D eigenvalue weighted by Gasteiger charge is 2.46. The van der Waals surface area contributed by atoms with E-state index in [1.54, 1.807) is 18.2 Å². The lowest BCUT2D eigenvalue weighted by Gasteiger charge is -2.25. The van der Waals surface area contributed by atoms with E-state index < -0.39 is 17.7 Å². The van der Waals surface area contributed by atoms with Crippen LogP contribution in [0.1, 0.15) is 33.9 Å². The summed E-state index contributed by atoms with van der Waals surface area (Å²) in [4.78, 5) is 27.9. The molecule has 0 radical (unpaired) electrons. The fraction of sp³-hybridized carbons (Fsp3) is 0.214. The van der Waals surface area contributed by atoms with Crippen molar-refractivity contribution >= 4 is 17.4 Å². The van der Waals surface area contributed by atoms with Crippen molar-refractivity contribution in [3.8, 4) is 5.75 Å². The molecule has 0 aliphatic carbocycles. The number of halogens is 1. The minimum atomic E-state index is -0.757. The van der Waals surface area contributed by atoms with Crippen molar-refractivity contribution in [1.82, 2.24) is 4.90 Å². The summed E-state index contributed by atoms with van der Waals surface area (Å²) in [6.45, 7) is 3.98. The lowest BCUT2D eigenvalue weighted by atomic mass is 9.93. The van der Waals surface area contributed by atoms with Gasteiger partial charge in [0.15, 0.2) is 0 Å². The first-order valence-corrected chi connectivity index (χ1v) is 11.0. The summed E-state index contributed by atoms with van der Waals surface area (Å²) in [5.41, 5.74) is 3.65. The molecule has 1 unspecified atom stereocenters. The summed E-state index contributed by atoms with van der Waals surface area (Å²) in [5, 5.41) is 11.4. The maximum atomic E-state index is 13.3. The van der Waals surface area contributed by atoms with Gasteiger partial charge in [-0.2, -0.15) is 0 Å². The van der Waals surface area contributed by atoms with Crippen molar-refractivity contribution < 1.29 is 23.8 Å². The number of hydrogen-bond donors (Lipinski definition) is 1. The molecular formula is C28H26FNO4. The number of ketones is 1. The SMILES string of the molecule is COc1c(C)cc(C)cc1/C(O)=C1\C(=O)C(=O)N(CCc2ccc(F)cc2)C1c1ccccc1. The van der Waals surface area contributed by atoms with E-state index in [0.717, 1.165) is 16.7 Å². The van der Waals surface area contributed by atoms with Crippen molar-refractivity contribution in [3.05, 3.63) is 106 Å². The highest BCUT2D eigenvalue weighted by atomic mass is 19.1. The molecule has 0 saturated carbocycles. The number of aryl methyl sites for hydroxylation is 2. The van der Waals surface area contributed by atoms with E-state index in [1.165, 1.54) is 24.1 Å². The summed E-state index contributed by atoms with van der Waals surface area (Å²) in [5.74, 6) is -1.57. The van der Waals surface area contributed by atoms with Gasteiger partial charge in [0.1, 0.15) is 17.3 Å². The first kappa shape index (κ1) is 23.2. The van der Waals surface area contributed by atoms with Crippen LogP contribution in [0, 0.1) is 19.7 Å². The summed E-state index contributed by atoms with van der Waals surface area (Å²) in [7, 11) is 1.50. The minimum Gasteiger partial charge on any atom is -0.507 e. The van der Waals surface area contributed by atoms with Gasteiger partial charge in [0.25, 0.3) is 11.7 Å². The topological polar surface area (TPSA) is 66.8 Å². The molecule has 3 aromatic carbocycles. The Bertz CT molecular complexity index is 1270. The zero-order valence-electron chi connectivity index (χ0n) is 19.3. The number of nitrogens with zero attached hydrogens (tertiary/aromatic N) is 1. The smallest absolute Gasteiger partial charge is 0.295 e. The van der Waals surface area contributed by atoms with E-state index >= 15 is 0 Å². The number of likely N-dealkylation sites (tertiary alicyclic amines) is 1. The molecule has 1 N–H and O–H groups in total. The number of methoxy groups -OCH3 is 1. The fourth-order valence-electron chi connectivity index (χ4n) is 4.54. The van der Waals surface area contributed by atoms with Crippen LogP contribution in [-0.2, 0) is 16.0 Å². The van der Waals surface area contributed by atoms with Crippen LogP contribution < -0.4 is 4.74 Å². The molecule has 1 fully saturated rings. The molecule has 1 atom stereocenters. The standard InChI is InChI=1S/C28H26FNO4/c1-17-15-18(2)27(34-3)22(16-17)25(31)23-24(20-7-5-4-6-8-20)30(28(33)26(23)32)14-13-19-9-11-21(29)12-10-19/h4-12,15-16,24,31H,13-14H2,1-3H3/b25-23+. The highest BCUT2D eigenvalue weighted by molar-refractivity contribution is 6.46. The molecule has 1 saturated heterocycles. The monoisotopic (exact) mass is 459 g/mol. The molecule has 0 bridgehead atoms. The summed E-state index contributed by atoms with van der Waals surface area (Å²) >= 11 is 0. The molecular weight excluding hydrogens is 433 g/mol. The van der Waals surface area contributed by atoms with Gasteiger partial charge in [-0.25, -0.2) is 4.39 Å². The van der Waals surface area contributed by atoms with Gasteiger partial charge in [-0.05, 0) is 60.7 Å². The Kier molecular flexibility index (Phi) is 6.50. The second-order valence-corrected chi connectivity index (χ2v) is 8.44. The van der Waals surface area contributed by atoms with Crippen LogP contribution in [-0.4, -0.2) is 35.4 Å². The third kappa shape index (κ3) is 4.31. The Morgan fingerprint density at radius 1 is 1.03 bits per heavy atom. The summed E-state index contributed by atoms with van der Waals surface area (Å²) in [6, 6.07) is 18.1. The quantitative estimate of drug-likeness (QED) is 0.316. The number of Topliss-reactive ketones (excluding diaryl/α,β-unsaturated/α-hetero) is 1. The zero-order chi connectivity index (χ0) is 24.4. The summed E-state index contributed by atoms with van der Waals surface area (Å²) in [6.07, 6.45) is 0.434. The molecule has 34 heavy (non-hydrogen) atoms. The maximum absolute atomic E-state index is 13.3. The van der Waals surface area contributed by atoms with Gasteiger partial charge in [-0.1, -0.05) is 48.5 Å². The minimum absolute atomic E-state index is 0.0265. The molecule has 1 aliphatic rings. The molecule has 1 aliphatic heterocycles. The third-order valence-corrected chi connectivity index (χ3v) is 6.09. The molecule has 0 spiro atoms. The lowest BCUT2D eigenvalue weighted by Crippen LogP contribution is -2.31. The van der Waals surface area contributed by atoms with Gasteiger partial charge in [-0.3, -0.25) is 9.59 Å². The van der Waals surface area contributed by atoms with Crippen LogP contribution in [0.4, 0.5) is 4.39 Å². The Morgan fingerprint density at radius 2 is 1.71 bits per heavy atom. The molecule has 5 nitrogen and oxygen atoms in total. The van der Waals surface area contributed by atoms with Gasteiger partial charge in [0.2, 0.25) is 0 Å². The number of aliphatic hydroxyl groups is 1. The van der Waals surface area contributed by atoms with Crippen molar-refractivity contribution in [2.24, 2.45) is 0 Å². The van der Waals surface area contributed by atoms with E-state index in [4.69, 9.17) is 4.74 Å². The Hall–Kier alpha value is -3.93. The molecule has 0 aromatic heterocycles. The van der Waals surface area contributed by atoms with Gasteiger partial charge >= 0.3 is 0 Å². The van der Waals surface area contributed by atoms with Gasteiger partial charge < -0.3 is 14.7 Å². The zero-order valence-corrected chi connectivity index (χ0v) is 19.3. The number of benzene rings is 3. The number of rotatable bonds is 6. The first-order valence-electron chi connectivity index (χ1n) is 11.0. The van der Waals surface area contributed by atoms with Crippen LogP contribution in [0.2, 0.25) is 0 Å². The van der Waals surface area contributed by atoms with Crippen LogP contribution in [0.3, 0.4) is 0 Å². The predicted octanol–water partition coefficient (Wildman–Crippen LogP) is 5.12. The van der Waals surface area contributed by atoms with E-state index in [9.17, 15) is 19.1 Å². The van der Waals surface area contributed by atoms with Crippen molar-refractivity contribution in [3.63, 3.8) is 0 Å². The Morgan fingerprint density at radius 3 is 2.35 bits per heavy atom. The van der Waals surface area contributed by atoms with Crippen molar-refractivity contribution in [1.29, 1.82) is 0 Å². The Labute approximate surface area is 198 Å². The third-order valence-electron chi connectivity index (χ3n) is 6.09. The van der Waals surface area contributed by atoms with E-state index in [-0.39, 0.29) is 23.7 Å². The summed E-state index contributed by atoms with van der Waals surface area (Å²) < 4.78 is 18.8. The lowest BCUT2D eigenvalue weighted by molar-refractivity contribution is -0.139. The molecule has 6 heteroatoms.